The molecule has 0 aliphatic heterocycles. The molecular weight excluding hydrogens is 230 g/mol. The van der Waals surface area contributed by atoms with Crippen LogP contribution in [0.1, 0.15) is 80.1 Å². The minimum atomic E-state index is -0.909. The molecule has 0 atom stereocenters. The fourth-order valence-corrected chi connectivity index (χ4v) is 2.74. The smallest absolute Gasteiger partial charge is 0.341 e. The van der Waals surface area contributed by atoms with Crippen LogP contribution in [0.15, 0.2) is 4.52 Å². The second-order valence-corrected chi connectivity index (χ2v) is 5.72. The van der Waals surface area contributed by atoms with Crippen molar-refractivity contribution >= 4 is 5.97 Å². The molecule has 1 aromatic rings. The Hall–Kier alpha value is -1.32. The van der Waals surface area contributed by atoms with Gasteiger partial charge in [-0.2, -0.15) is 0 Å². The molecule has 0 unspecified atom stereocenters. The average Bonchev–Trinajstić information content (AvgIpc) is 2.74. The minimum Gasteiger partial charge on any atom is -0.477 e. The highest BCUT2D eigenvalue weighted by atomic mass is 16.5. The number of carbonyl (C=O) groups is 1. The zero-order valence-corrected chi connectivity index (χ0v) is 11.3. The van der Waals surface area contributed by atoms with Crippen LogP contribution in [-0.2, 0) is 0 Å². The second kappa shape index (κ2) is 5.12. The van der Waals surface area contributed by atoms with Crippen LogP contribution in [0.25, 0.3) is 0 Å². The van der Waals surface area contributed by atoms with E-state index in [0.717, 1.165) is 31.6 Å². The van der Waals surface area contributed by atoms with Crippen molar-refractivity contribution in [3.8, 4) is 0 Å². The van der Waals surface area contributed by atoms with Gasteiger partial charge in [0.1, 0.15) is 11.3 Å². The lowest BCUT2D eigenvalue weighted by molar-refractivity contribution is 0.0692. The summed E-state index contributed by atoms with van der Waals surface area (Å²) in [6.07, 6.45) is 4.33. The molecule has 18 heavy (non-hydrogen) atoms. The maximum Gasteiger partial charge on any atom is 0.341 e. The molecule has 0 radical (unpaired) electrons. The van der Waals surface area contributed by atoms with Crippen LogP contribution < -0.4 is 0 Å². The Morgan fingerprint density at radius 1 is 1.33 bits per heavy atom. The molecule has 1 N–H and O–H groups in total. The Balaban J connectivity index is 2.30. The Kier molecular flexibility index (Phi) is 3.73. The van der Waals surface area contributed by atoms with E-state index in [9.17, 15) is 9.90 Å². The number of carboxylic acids is 1. The monoisotopic (exact) mass is 251 g/mol. The van der Waals surface area contributed by atoms with Crippen molar-refractivity contribution in [1.82, 2.24) is 5.16 Å². The molecule has 100 valence electrons. The van der Waals surface area contributed by atoms with E-state index in [4.69, 9.17) is 4.52 Å². The summed E-state index contributed by atoms with van der Waals surface area (Å²) < 4.78 is 5.27. The molecule has 0 saturated heterocycles. The molecular formula is C14H21NO3. The molecule has 1 saturated carbocycles. The first-order valence-electron chi connectivity index (χ1n) is 6.73. The number of nitrogens with zero attached hydrogens (tertiary/aromatic N) is 1. The third-order valence-electron chi connectivity index (χ3n) is 3.89. The van der Waals surface area contributed by atoms with Crippen molar-refractivity contribution in [3.05, 3.63) is 17.0 Å². The maximum atomic E-state index is 11.4. The van der Waals surface area contributed by atoms with Crippen molar-refractivity contribution in [3.63, 3.8) is 0 Å². The second-order valence-electron chi connectivity index (χ2n) is 5.72. The third-order valence-corrected chi connectivity index (χ3v) is 3.89. The van der Waals surface area contributed by atoms with Crippen LogP contribution in [0.4, 0.5) is 0 Å². The Labute approximate surface area is 107 Å². The molecule has 1 aromatic heterocycles. The average molecular weight is 251 g/mol. The van der Waals surface area contributed by atoms with Crippen molar-refractivity contribution in [2.45, 2.75) is 58.3 Å². The van der Waals surface area contributed by atoms with Gasteiger partial charge in [-0.15, -0.1) is 0 Å². The summed E-state index contributed by atoms with van der Waals surface area (Å²) in [5.41, 5.74) is 0.975. The summed E-state index contributed by atoms with van der Waals surface area (Å²) in [5.74, 6) is 0.652. The number of hydrogen-bond donors (Lipinski definition) is 1. The summed E-state index contributed by atoms with van der Waals surface area (Å²) in [7, 11) is 0. The predicted octanol–water partition coefficient (Wildman–Crippen LogP) is 3.79. The van der Waals surface area contributed by atoms with Gasteiger partial charge < -0.3 is 9.63 Å². The lowest BCUT2D eigenvalue weighted by atomic mass is 9.80. The lowest BCUT2D eigenvalue weighted by Crippen LogP contribution is -2.14. The summed E-state index contributed by atoms with van der Waals surface area (Å²) >= 11 is 0. The molecule has 1 fully saturated rings. The van der Waals surface area contributed by atoms with Gasteiger partial charge in [0.15, 0.2) is 5.76 Å². The molecule has 0 bridgehead atoms. The first kappa shape index (κ1) is 13.1. The van der Waals surface area contributed by atoms with Gasteiger partial charge in [-0.3, -0.25) is 0 Å². The fourth-order valence-electron chi connectivity index (χ4n) is 2.74. The largest absolute Gasteiger partial charge is 0.477 e. The molecule has 1 aliphatic rings. The lowest BCUT2D eigenvalue weighted by Gasteiger charge is -2.24. The zero-order valence-electron chi connectivity index (χ0n) is 11.3. The quantitative estimate of drug-likeness (QED) is 0.887. The Morgan fingerprint density at radius 3 is 2.44 bits per heavy atom. The van der Waals surface area contributed by atoms with Gasteiger partial charge in [0.05, 0.1) is 0 Å². The molecule has 0 spiro atoms. The van der Waals surface area contributed by atoms with E-state index < -0.39 is 5.97 Å². The molecule has 0 aromatic carbocycles. The van der Waals surface area contributed by atoms with E-state index in [0.29, 0.717) is 17.0 Å². The minimum absolute atomic E-state index is 0.0554. The van der Waals surface area contributed by atoms with Crippen molar-refractivity contribution in [2.24, 2.45) is 5.92 Å². The van der Waals surface area contributed by atoms with Crippen LogP contribution >= 0.6 is 0 Å². The highest BCUT2D eigenvalue weighted by molar-refractivity contribution is 5.90. The van der Waals surface area contributed by atoms with Gasteiger partial charge in [-0.1, -0.05) is 38.8 Å². The highest BCUT2D eigenvalue weighted by Crippen LogP contribution is 2.38. The van der Waals surface area contributed by atoms with E-state index >= 15 is 0 Å². The van der Waals surface area contributed by atoms with E-state index in [1.54, 1.807) is 0 Å². The van der Waals surface area contributed by atoms with Gasteiger partial charge >= 0.3 is 5.97 Å². The van der Waals surface area contributed by atoms with Crippen LogP contribution in [0.2, 0.25) is 0 Å². The van der Waals surface area contributed by atoms with E-state index in [-0.39, 0.29) is 11.8 Å². The number of rotatable bonds is 3. The van der Waals surface area contributed by atoms with E-state index in [1.165, 1.54) is 0 Å². The molecule has 4 nitrogen and oxygen atoms in total. The maximum absolute atomic E-state index is 11.4. The third kappa shape index (κ3) is 2.42. The number of aromatic nitrogens is 1. The fraction of sp³-hybridized carbons (Fsp3) is 0.714. The predicted molar refractivity (Wildman–Crippen MR) is 67.9 cm³/mol. The first-order valence-corrected chi connectivity index (χ1v) is 6.73. The van der Waals surface area contributed by atoms with Gasteiger partial charge in [0.25, 0.3) is 0 Å². The van der Waals surface area contributed by atoms with Crippen LogP contribution in [0.5, 0.6) is 0 Å². The number of hydrogen-bond acceptors (Lipinski definition) is 3. The van der Waals surface area contributed by atoms with Crippen LogP contribution in [0.3, 0.4) is 0 Å². The summed E-state index contributed by atoms with van der Waals surface area (Å²) in [4.78, 5) is 11.4. The Morgan fingerprint density at radius 2 is 1.94 bits per heavy atom. The summed E-state index contributed by atoms with van der Waals surface area (Å²) in [6.45, 7) is 6.11. The molecule has 2 rings (SSSR count). The summed E-state index contributed by atoms with van der Waals surface area (Å²) in [5, 5.41) is 13.4. The number of aromatic carboxylic acids is 1. The molecule has 0 amide bonds. The molecule has 1 heterocycles. The van der Waals surface area contributed by atoms with Gasteiger partial charge in [0, 0.05) is 11.8 Å². The van der Waals surface area contributed by atoms with Gasteiger partial charge in [-0.25, -0.2) is 4.79 Å². The van der Waals surface area contributed by atoms with Gasteiger partial charge in [-0.05, 0) is 18.8 Å². The highest BCUT2D eigenvalue weighted by Gasteiger charge is 2.31. The van der Waals surface area contributed by atoms with E-state index in [1.807, 2.05) is 13.8 Å². The van der Waals surface area contributed by atoms with Crippen molar-refractivity contribution in [1.29, 1.82) is 0 Å². The zero-order chi connectivity index (χ0) is 13.3. The standard InChI is InChI=1S/C14H21NO3/c1-8(2)13-11(14(16)17)12(15-18-13)10-6-4-9(3)5-7-10/h8-10H,4-7H2,1-3H3,(H,16,17). The summed E-state index contributed by atoms with van der Waals surface area (Å²) in [6, 6.07) is 0. The first-order chi connectivity index (χ1) is 8.50. The van der Waals surface area contributed by atoms with Crippen LogP contribution in [-0.4, -0.2) is 16.2 Å². The van der Waals surface area contributed by atoms with E-state index in [2.05, 4.69) is 12.1 Å². The molecule has 1 aliphatic carbocycles. The normalized spacial score (nSPS) is 24.4. The van der Waals surface area contributed by atoms with Crippen molar-refractivity contribution in [2.75, 3.05) is 0 Å². The number of carboxylic acid groups (broad SMARTS) is 1. The van der Waals surface area contributed by atoms with Crippen molar-refractivity contribution < 1.29 is 14.4 Å². The molecule has 4 heteroatoms. The van der Waals surface area contributed by atoms with Crippen LogP contribution in [0, 0.1) is 5.92 Å². The van der Waals surface area contributed by atoms with Gasteiger partial charge in [0.2, 0.25) is 0 Å². The topological polar surface area (TPSA) is 63.3 Å². The SMILES string of the molecule is CC1CCC(c2noc(C(C)C)c2C(=O)O)CC1. The Bertz CT molecular complexity index is 428.